The van der Waals surface area contributed by atoms with Crippen molar-refractivity contribution in [2.45, 2.75) is 73.6 Å². The molecule has 0 aliphatic carbocycles. The van der Waals surface area contributed by atoms with Gasteiger partial charge in [0.1, 0.15) is 0 Å². The molecule has 0 aromatic carbocycles. The van der Waals surface area contributed by atoms with Gasteiger partial charge in [0, 0.05) is 26.4 Å². The fourth-order valence-electron chi connectivity index (χ4n) is 2.03. The summed E-state index contributed by atoms with van der Waals surface area (Å²) in [6.07, 6.45) is 6.58. The molecule has 2 aliphatic heterocycles. The summed E-state index contributed by atoms with van der Waals surface area (Å²) in [5, 5.41) is 0. The van der Waals surface area contributed by atoms with Gasteiger partial charge in [-0.2, -0.15) is 0 Å². The minimum Gasteiger partial charge on any atom is -0.381 e. The van der Waals surface area contributed by atoms with E-state index in [9.17, 15) is 0 Å². The fraction of sp³-hybridized carbons (Fsp3) is 1.00. The van der Waals surface area contributed by atoms with Crippen molar-refractivity contribution in [3.63, 3.8) is 0 Å². The molecule has 0 bridgehead atoms. The van der Waals surface area contributed by atoms with Gasteiger partial charge in [0.25, 0.3) is 0 Å². The highest BCUT2D eigenvalue weighted by molar-refractivity contribution is 4.59. The van der Waals surface area contributed by atoms with Crippen molar-refractivity contribution in [2.75, 3.05) is 26.4 Å². The fourth-order valence-corrected chi connectivity index (χ4v) is 2.03. The van der Waals surface area contributed by atoms with E-state index < -0.39 is 0 Å². The molecule has 0 radical (unpaired) electrons. The van der Waals surface area contributed by atoms with Gasteiger partial charge in [-0.3, -0.25) is 0 Å². The molecule has 118 valence electrons. The molecule has 2 atom stereocenters. The Kier molecular flexibility index (Phi) is 20.0. The summed E-state index contributed by atoms with van der Waals surface area (Å²) in [4.78, 5) is 0. The molecule has 0 aromatic rings. The van der Waals surface area contributed by atoms with Gasteiger partial charge < -0.3 is 9.47 Å². The lowest BCUT2D eigenvalue weighted by Gasteiger charge is -2.19. The first-order chi connectivity index (χ1) is 9.33. The molecule has 2 heterocycles. The predicted octanol–water partition coefficient (Wildman–Crippen LogP) is 5.31. The summed E-state index contributed by atoms with van der Waals surface area (Å²) >= 11 is 0. The Morgan fingerprint density at radius 3 is 1.58 bits per heavy atom. The molecule has 2 aliphatic rings. The minimum atomic E-state index is 0.814. The molecule has 2 saturated heterocycles. The summed E-state index contributed by atoms with van der Waals surface area (Å²) in [6.45, 7) is 16.5. The number of hydrogen-bond acceptors (Lipinski definition) is 2. The van der Waals surface area contributed by atoms with Crippen molar-refractivity contribution >= 4 is 0 Å². The van der Waals surface area contributed by atoms with Gasteiger partial charge in [-0.25, -0.2) is 0 Å². The van der Waals surface area contributed by atoms with Gasteiger partial charge in [-0.05, 0) is 37.5 Å². The Bertz CT molecular complexity index is 136. The second kappa shape index (κ2) is 17.9. The van der Waals surface area contributed by atoms with Crippen LogP contribution in [-0.4, -0.2) is 26.4 Å². The van der Waals surface area contributed by atoms with Crippen molar-refractivity contribution in [2.24, 2.45) is 11.8 Å². The summed E-state index contributed by atoms with van der Waals surface area (Å²) < 4.78 is 10.5. The molecule has 0 spiro atoms. The van der Waals surface area contributed by atoms with Crippen LogP contribution in [0.5, 0.6) is 0 Å². The zero-order valence-corrected chi connectivity index (χ0v) is 14.3. The summed E-state index contributed by atoms with van der Waals surface area (Å²) in [5.41, 5.74) is 0. The molecule has 2 unspecified atom stereocenters. The number of ether oxygens (including phenoxy) is 2. The number of hydrogen-bond donors (Lipinski definition) is 0. The highest BCUT2D eigenvalue weighted by atomic mass is 16.5. The lowest BCUT2D eigenvalue weighted by Crippen LogP contribution is -2.15. The largest absolute Gasteiger partial charge is 0.381 e. The summed E-state index contributed by atoms with van der Waals surface area (Å²) in [5.74, 6) is 1.68. The number of rotatable bonds is 1. The standard InChI is InChI=1S/C7H14O.C6H12O.2C2H6/c1-2-7-4-3-5-8-6-7;1-6-3-2-4-7-5-6;2*1-2/h7H,2-6H2,1H3;6H,2-5H2,1H3;2*1-2H3. The van der Waals surface area contributed by atoms with Crippen LogP contribution < -0.4 is 0 Å². The van der Waals surface area contributed by atoms with E-state index in [1.807, 2.05) is 27.7 Å². The molecular weight excluding hydrogens is 236 g/mol. The third-order valence-electron chi connectivity index (χ3n) is 3.22. The van der Waals surface area contributed by atoms with Gasteiger partial charge in [0.05, 0.1) is 0 Å². The Morgan fingerprint density at radius 2 is 1.37 bits per heavy atom. The van der Waals surface area contributed by atoms with Crippen LogP contribution in [0.1, 0.15) is 73.6 Å². The normalized spacial score (nSPS) is 25.6. The van der Waals surface area contributed by atoms with E-state index in [0.717, 1.165) is 38.3 Å². The van der Waals surface area contributed by atoms with Crippen LogP contribution in [0.2, 0.25) is 0 Å². The van der Waals surface area contributed by atoms with Gasteiger partial charge in [-0.1, -0.05) is 48.0 Å². The summed E-state index contributed by atoms with van der Waals surface area (Å²) in [7, 11) is 0. The predicted molar refractivity (Wildman–Crippen MR) is 85.7 cm³/mol. The SMILES string of the molecule is CC.CC.CC1CCCOC1.CCC1CCCOC1. The second-order valence-corrected chi connectivity index (χ2v) is 4.81. The first-order valence-corrected chi connectivity index (χ1v) is 8.48. The average molecular weight is 274 g/mol. The maximum absolute atomic E-state index is 5.27. The quantitative estimate of drug-likeness (QED) is 0.645. The third-order valence-corrected chi connectivity index (χ3v) is 3.22. The van der Waals surface area contributed by atoms with E-state index in [4.69, 9.17) is 9.47 Å². The van der Waals surface area contributed by atoms with Crippen molar-refractivity contribution in [1.82, 2.24) is 0 Å². The monoisotopic (exact) mass is 274 g/mol. The third kappa shape index (κ3) is 14.1. The molecule has 2 nitrogen and oxygen atoms in total. The maximum atomic E-state index is 5.27. The van der Waals surface area contributed by atoms with Crippen LogP contribution in [0, 0.1) is 11.8 Å². The lowest BCUT2D eigenvalue weighted by atomic mass is 10.0. The minimum absolute atomic E-state index is 0.814. The smallest absolute Gasteiger partial charge is 0.0494 e. The van der Waals surface area contributed by atoms with Crippen LogP contribution >= 0.6 is 0 Å². The Hall–Kier alpha value is -0.0800. The van der Waals surface area contributed by atoms with E-state index in [1.54, 1.807) is 0 Å². The highest BCUT2D eigenvalue weighted by Crippen LogP contribution is 2.15. The van der Waals surface area contributed by atoms with E-state index in [1.165, 1.54) is 32.1 Å². The van der Waals surface area contributed by atoms with Gasteiger partial charge >= 0.3 is 0 Å². The molecule has 2 heteroatoms. The van der Waals surface area contributed by atoms with Crippen LogP contribution in [0.25, 0.3) is 0 Å². The first kappa shape index (κ1) is 21.2. The molecule has 2 fully saturated rings. The van der Waals surface area contributed by atoms with Crippen LogP contribution in [0.4, 0.5) is 0 Å². The lowest BCUT2D eigenvalue weighted by molar-refractivity contribution is 0.0535. The molecule has 2 rings (SSSR count). The van der Waals surface area contributed by atoms with Crippen LogP contribution in [0.3, 0.4) is 0 Å². The van der Waals surface area contributed by atoms with E-state index in [-0.39, 0.29) is 0 Å². The molecular formula is C17H38O2. The molecule has 19 heavy (non-hydrogen) atoms. The van der Waals surface area contributed by atoms with Gasteiger partial charge in [0.2, 0.25) is 0 Å². The average Bonchev–Trinajstić information content (AvgIpc) is 2.53. The zero-order valence-electron chi connectivity index (χ0n) is 14.3. The Morgan fingerprint density at radius 1 is 0.842 bits per heavy atom. The Labute approximate surface area is 122 Å². The first-order valence-electron chi connectivity index (χ1n) is 8.48. The van der Waals surface area contributed by atoms with Crippen LogP contribution in [-0.2, 0) is 9.47 Å². The van der Waals surface area contributed by atoms with Crippen molar-refractivity contribution in [1.29, 1.82) is 0 Å². The van der Waals surface area contributed by atoms with E-state index >= 15 is 0 Å². The van der Waals surface area contributed by atoms with Gasteiger partial charge in [0.15, 0.2) is 0 Å². The highest BCUT2D eigenvalue weighted by Gasteiger charge is 2.10. The van der Waals surface area contributed by atoms with E-state index in [2.05, 4.69) is 13.8 Å². The second-order valence-electron chi connectivity index (χ2n) is 4.81. The molecule has 0 aromatic heterocycles. The molecule has 0 saturated carbocycles. The molecule has 0 N–H and O–H groups in total. The van der Waals surface area contributed by atoms with Crippen molar-refractivity contribution in [3.8, 4) is 0 Å². The van der Waals surface area contributed by atoms with E-state index in [0.29, 0.717) is 0 Å². The summed E-state index contributed by atoms with van der Waals surface area (Å²) in [6, 6.07) is 0. The van der Waals surface area contributed by atoms with Crippen molar-refractivity contribution < 1.29 is 9.47 Å². The Balaban J connectivity index is 0. The maximum Gasteiger partial charge on any atom is 0.0494 e. The van der Waals surface area contributed by atoms with Crippen molar-refractivity contribution in [3.05, 3.63) is 0 Å². The zero-order chi connectivity index (χ0) is 14.9. The topological polar surface area (TPSA) is 18.5 Å². The van der Waals surface area contributed by atoms with Crippen LogP contribution in [0.15, 0.2) is 0 Å². The molecule has 0 amide bonds. The van der Waals surface area contributed by atoms with Gasteiger partial charge in [-0.15, -0.1) is 0 Å².